The van der Waals surface area contributed by atoms with Gasteiger partial charge in [0.15, 0.2) is 11.5 Å². The summed E-state index contributed by atoms with van der Waals surface area (Å²) in [6, 6.07) is 17.7. The molecule has 4 rings (SSSR count). The van der Waals surface area contributed by atoms with Gasteiger partial charge in [-0.1, -0.05) is 18.2 Å². The Bertz CT molecular complexity index is 1240. The third-order valence-corrected chi connectivity index (χ3v) is 4.50. The van der Waals surface area contributed by atoms with Gasteiger partial charge < -0.3 is 9.84 Å². The molecule has 4 aromatic rings. The molecule has 148 valence electrons. The van der Waals surface area contributed by atoms with Gasteiger partial charge in [0.1, 0.15) is 0 Å². The molecule has 0 fully saturated rings. The van der Waals surface area contributed by atoms with Gasteiger partial charge in [0, 0.05) is 23.3 Å². The lowest BCUT2D eigenvalue weighted by atomic mass is 10.0. The Morgan fingerprint density at radius 1 is 1.13 bits per heavy atom. The first-order valence-electron chi connectivity index (χ1n) is 9.16. The van der Waals surface area contributed by atoms with Crippen molar-refractivity contribution in [2.45, 2.75) is 0 Å². The summed E-state index contributed by atoms with van der Waals surface area (Å²) in [6.45, 7) is 0. The number of hydrogen-bond donors (Lipinski definition) is 2. The fourth-order valence-electron chi connectivity index (χ4n) is 3.04. The lowest BCUT2D eigenvalue weighted by molar-refractivity contribution is 0.0956. The van der Waals surface area contributed by atoms with E-state index >= 15 is 0 Å². The molecule has 0 aliphatic heterocycles. The predicted molar refractivity (Wildman–Crippen MR) is 115 cm³/mol. The minimum Gasteiger partial charge on any atom is -0.504 e. The van der Waals surface area contributed by atoms with Gasteiger partial charge in [0.25, 0.3) is 5.91 Å². The fourth-order valence-corrected chi connectivity index (χ4v) is 3.04. The van der Waals surface area contributed by atoms with Crippen LogP contribution in [0.2, 0.25) is 0 Å². The summed E-state index contributed by atoms with van der Waals surface area (Å²) in [5.74, 6) is -0.0101. The zero-order valence-corrected chi connectivity index (χ0v) is 16.1. The number of nitrogens with zero attached hydrogens (tertiary/aromatic N) is 3. The highest BCUT2D eigenvalue weighted by Crippen LogP contribution is 2.26. The molecular formula is C23H18N4O3. The van der Waals surface area contributed by atoms with E-state index in [4.69, 9.17) is 4.74 Å². The molecule has 0 aliphatic carbocycles. The largest absolute Gasteiger partial charge is 0.504 e. The van der Waals surface area contributed by atoms with Crippen LogP contribution in [-0.4, -0.2) is 34.3 Å². The van der Waals surface area contributed by atoms with E-state index in [1.807, 2.05) is 36.4 Å². The first-order valence-corrected chi connectivity index (χ1v) is 9.16. The van der Waals surface area contributed by atoms with Crippen LogP contribution >= 0.6 is 0 Å². The molecule has 0 aliphatic rings. The van der Waals surface area contributed by atoms with Crippen LogP contribution in [0, 0.1) is 0 Å². The summed E-state index contributed by atoms with van der Waals surface area (Å²) >= 11 is 0. The molecular weight excluding hydrogens is 380 g/mol. The number of carbonyl (C=O) groups is 1. The average Bonchev–Trinajstić information content (AvgIpc) is 2.79. The smallest absolute Gasteiger partial charge is 0.272 e. The lowest BCUT2D eigenvalue weighted by Gasteiger charge is -2.09. The molecule has 0 saturated heterocycles. The number of aromatic hydroxyl groups is 1. The topological polar surface area (TPSA) is 96.7 Å². The monoisotopic (exact) mass is 398 g/mol. The molecule has 2 aromatic carbocycles. The molecule has 0 atom stereocenters. The first-order chi connectivity index (χ1) is 14.7. The summed E-state index contributed by atoms with van der Waals surface area (Å²) in [7, 11) is 1.47. The summed E-state index contributed by atoms with van der Waals surface area (Å²) in [6.07, 6.45) is 4.83. The number of methoxy groups -OCH3 is 1. The zero-order chi connectivity index (χ0) is 20.9. The Kier molecular flexibility index (Phi) is 5.34. The molecule has 1 amide bonds. The van der Waals surface area contributed by atoms with Gasteiger partial charge in [-0.25, -0.2) is 10.4 Å². The van der Waals surface area contributed by atoms with Gasteiger partial charge >= 0.3 is 0 Å². The van der Waals surface area contributed by atoms with Crippen molar-refractivity contribution >= 4 is 23.0 Å². The van der Waals surface area contributed by atoms with Crippen molar-refractivity contribution in [3.05, 3.63) is 84.2 Å². The molecule has 7 nitrogen and oxygen atoms in total. The number of amides is 1. The number of rotatable bonds is 5. The molecule has 0 bridgehead atoms. The Morgan fingerprint density at radius 2 is 2.00 bits per heavy atom. The molecule has 0 radical (unpaired) electrons. The van der Waals surface area contributed by atoms with Crippen LogP contribution in [-0.2, 0) is 0 Å². The van der Waals surface area contributed by atoms with Crippen LogP contribution in [0.15, 0.2) is 78.2 Å². The number of aromatic nitrogens is 2. The lowest BCUT2D eigenvalue weighted by Crippen LogP contribution is -2.18. The van der Waals surface area contributed by atoms with Gasteiger partial charge in [-0.05, 0) is 48.0 Å². The molecule has 0 spiro atoms. The van der Waals surface area contributed by atoms with E-state index in [2.05, 4.69) is 20.5 Å². The van der Waals surface area contributed by atoms with Crippen molar-refractivity contribution < 1.29 is 14.6 Å². The van der Waals surface area contributed by atoms with E-state index in [1.54, 1.807) is 30.6 Å². The number of fused-ring (bicyclic) bond motifs is 1. The quantitative estimate of drug-likeness (QED) is 0.394. The van der Waals surface area contributed by atoms with E-state index in [1.165, 1.54) is 19.4 Å². The average molecular weight is 398 g/mol. The summed E-state index contributed by atoms with van der Waals surface area (Å²) in [4.78, 5) is 21.6. The molecule has 0 unspecified atom stereocenters. The Morgan fingerprint density at radius 3 is 2.77 bits per heavy atom. The molecule has 2 N–H and O–H groups in total. The van der Waals surface area contributed by atoms with Gasteiger partial charge in [-0.3, -0.25) is 9.78 Å². The Labute approximate surface area is 172 Å². The van der Waals surface area contributed by atoms with Crippen molar-refractivity contribution in [1.82, 2.24) is 15.4 Å². The van der Waals surface area contributed by atoms with E-state index in [9.17, 15) is 9.90 Å². The van der Waals surface area contributed by atoms with Crippen LogP contribution in [0.1, 0.15) is 15.9 Å². The Balaban J connectivity index is 1.63. The second kappa shape index (κ2) is 8.40. The minimum atomic E-state index is -0.368. The predicted octanol–water partition coefficient (Wildman–Crippen LogP) is 3.77. The van der Waals surface area contributed by atoms with E-state index < -0.39 is 0 Å². The third-order valence-electron chi connectivity index (χ3n) is 4.50. The maximum Gasteiger partial charge on any atom is 0.272 e. The molecule has 2 aromatic heterocycles. The van der Waals surface area contributed by atoms with E-state index in [0.29, 0.717) is 28.1 Å². The highest BCUT2D eigenvalue weighted by molar-refractivity contribution is 6.07. The second-order valence-electron chi connectivity index (χ2n) is 6.44. The number of nitrogens with one attached hydrogen (secondary N) is 1. The van der Waals surface area contributed by atoms with Crippen LogP contribution in [0.4, 0.5) is 0 Å². The van der Waals surface area contributed by atoms with Crippen molar-refractivity contribution in [2.24, 2.45) is 5.10 Å². The number of hydrazone groups is 1. The van der Waals surface area contributed by atoms with Crippen LogP contribution in [0.3, 0.4) is 0 Å². The number of ether oxygens (including phenoxy) is 1. The van der Waals surface area contributed by atoms with Gasteiger partial charge in [-0.2, -0.15) is 5.10 Å². The maximum atomic E-state index is 12.9. The number of benzene rings is 2. The number of phenols is 1. The summed E-state index contributed by atoms with van der Waals surface area (Å²) in [5.41, 5.74) is 5.77. The minimum absolute atomic E-state index is 0.00554. The zero-order valence-electron chi connectivity index (χ0n) is 16.1. The van der Waals surface area contributed by atoms with Crippen molar-refractivity contribution in [3.8, 4) is 22.8 Å². The van der Waals surface area contributed by atoms with Crippen LogP contribution in [0.25, 0.3) is 22.2 Å². The fraction of sp³-hybridized carbons (Fsp3) is 0.0435. The molecule has 2 heterocycles. The number of phenolic OH excluding ortho intramolecular Hbond substituents is 1. The van der Waals surface area contributed by atoms with E-state index in [0.717, 1.165) is 10.9 Å². The molecule has 7 heteroatoms. The van der Waals surface area contributed by atoms with Crippen LogP contribution < -0.4 is 10.2 Å². The molecule has 30 heavy (non-hydrogen) atoms. The van der Waals surface area contributed by atoms with Crippen molar-refractivity contribution in [2.75, 3.05) is 7.11 Å². The number of hydrogen-bond acceptors (Lipinski definition) is 6. The van der Waals surface area contributed by atoms with Crippen LogP contribution in [0.5, 0.6) is 11.5 Å². The number of pyridine rings is 2. The third kappa shape index (κ3) is 3.95. The summed E-state index contributed by atoms with van der Waals surface area (Å²) < 4.78 is 5.01. The normalized spacial score (nSPS) is 11.0. The second-order valence-corrected chi connectivity index (χ2v) is 6.44. The number of carbonyl (C=O) groups excluding carboxylic acids is 1. The highest BCUT2D eigenvalue weighted by Gasteiger charge is 2.13. The summed E-state index contributed by atoms with van der Waals surface area (Å²) in [5, 5.41) is 14.6. The standard InChI is InChI=1S/C23H18N4O3/c1-30-22-9-8-15(11-21(22)28)13-25-27-23(29)18-12-20(16-5-4-10-24-14-16)26-19-7-3-2-6-17(18)19/h2-14,28H,1H3,(H,27,29)/b25-13-. The Hall–Kier alpha value is -4.26. The van der Waals surface area contributed by atoms with Gasteiger partial charge in [-0.15, -0.1) is 0 Å². The van der Waals surface area contributed by atoms with Crippen molar-refractivity contribution in [3.63, 3.8) is 0 Å². The number of para-hydroxylation sites is 1. The highest BCUT2D eigenvalue weighted by atomic mass is 16.5. The van der Waals surface area contributed by atoms with Crippen molar-refractivity contribution in [1.29, 1.82) is 0 Å². The van der Waals surface area contributed by atoms with Gasteiger partial charge in [0.05, 0.1) is 30.1 Å². The SMILES string of the molecule is COc1ccc(/C=N\NC(=O)c2cc(-c3cccnc3)nc3ccccc23)cc1O. The van der Waals surface area contributed by atoms with Gasteiger partial charge in [0.2, 0.25) is 0 Å². The first kappa shape index (κ1) is 19.1. The van der Waals surface area contributed by atoms with E-state index in [-0.39, 0.29) is 11.7 Å². The maximum absolute atomic E-state index is 12.9. The molecule has 0 saturated carbocycles.